The van der Waals surface area contributed by atoms with E-state index in [0.29, 0.717) is 28.8 Å². The van der Waals surface area contributed by atoms with Crippen LogP contribution in [0, 0.1) is 0 Å². The second kappa shape index (κ2) is 10.2. The van der Waals surface area contributed by atoms with Crippen molar-refractivity contribution in [3.05, 3.63) is 53.7 Å². The largest absolute Gasteiger partial charge is 0.507 e. The van der Waals surface area contributed by atoms with Crippen molar-refractivity contribution in [2.24, 2.45) is 5.73 Å². The van der Waals surface area contributed by atoms with Crippen molar-refractivity contribution in [1.82, 2.24) is 9.97 Å². The van der Waals surface area contributed by atoms with E-state index in [1.54, 1.807) is 24.4 Å². The van der Waals surface area contributed by atoms with Gasteiger partial charge in [0.2, 0.25) is 0 Å². The third kappa shape index (κ3) is 5.12. The van der Waals surface area contributed by atoms with Crippen molar-refractivity contribution in [2.75, 3.05) is 43.1 Å². The summed E-state index contributed by atoms with van der Waals surface area (Å²) in [5.41, 5.74) is 9.64. The van der Waals surface area contributed by atoms with Gasteiger partial charge in [0.25, 0.3) is 0 Å². The van der Waals surface area contributed by atoms with E-state index >= 15 is 0 Å². The maximum Gasteiger partial charge on any atom is 0.165 e. The number of aromatic hydroxyl groups is 1. The molecule has 0 bridgehead atoms. The molecular formula is C24H28ClN5O2. The van der Waals surface area contributed by atoms with E-state index in [2.05, 4.69) is 39.5 Å². The average molecular weight is 454 g/mol. The zero-order valence-corrected chi connectivity index (χ0v) is 18.8. The van der Waals surface area contributed by atoms with Crippen LogP contribution in [0.3, 0.4) is 0 Å². The lowest BCUT2D eigenvalue weighted by molar-refractivity contribution is 0.122. The SMILES string of the molecule is CCC(N)CNc1nc(-c2cc(Cl)ccc2O)ncc1-c1ccc(N2CCOCC2)cc1. The zero-order chi connectivity index (χ0) is 22.5. The van der Waals surface area contributed by atoms with Crippen LogP contribution in [-0.2, 0) is 4.74 Å². The molecule has 1 atom stereocenters. The maximum absolute atomic E-state index is 10.3. The van der Waals surface area contributed by atoms with Crippen LogP contribution in [0.15, 0.2) is 48.7 Å². The Morgan fingerprint density at radius 1 is 1.16 bits per heavy atom. The number of aromatic nitrogens is 2. The van der Waals surface area contributed by atoms with Gasteiger partial charge in [-0.15, -0.1) is 0 Å². The molecule has 4 rings (SSSR count). The highest BCUT2D eigenvalue weighted by molar-refractivity contribution is 6.30. The molecule has 1 aromatic heterocycles. The number of anilines is 2. The zero-order valence-electron chi connectivity index (χ0n) is 18.1. The Kier molecular flexibility index (Phi) is 7.09. The van der Waals surface area contributed by atoms with Crippen LogP contribution < -0.4 is 16.0 Å². The van der Waals surface area contributed by atoms with E-state index in [4.69, 9.17) is 27.1 Å². The summed E-state index contributed by atoms with van der Waals surface area (Å²) < 4.78 is 5.45. The topological polar surface area (TPSA) is 96.5 Å². The normalized spacial score (nSPS) is 14.9. The summed E-state index contributed by atoms with van der Waals surface area (Å²) in [7, 11) is 0. The number of hydrogen-bond acceptors (Lipinski definition) is 7. The first-order valence-electron chi connectivity index (χ1n) is 10.8. The summed E-state index contributed by atoms with van der Waals surface area (Å²) >= 11 is 6.12. The number of halogens is 1. The van der Waals surface area contributed by atoms with Gasteiger partial charge in [0.05, 0.1) is 18.8 Å². The van der Waals surface area contributed by atoms with Crippen molar-refractivity contribution >= 4 is 23.1 Å². The number of phenols is 1. The number of phenolic OH excluding ortho intramolecular Hbond substituents is 1. The van der Waals surface area contributed by atoms with Gasteiger partial charge in [0.15, 0.2) is 5.82 Å². The monoisotopic (exact) mass is 453 g/mol. The molecule has 32 heavy (non-hydrogen) atoms. The van der Waals surface area contributed by atoms with E-state index < -0.39 is 0 Å². The highest BCUT2D eigenvalue weighted by atomic mass is 35.5. The third-order valence-electron chi connectivity index (χ3n) is 5.60. The Hall–Kier alpha value is -2.87. The fourth-order valence-corrected chi connectivity index (χ4v) is 3.76. The molecule has 4 N–H and O–H groups in total. The third-order valence-corrected chi connectivity index (χ3v) is 5.83. The van der Waals surface area contributed by atoms with Gasteiger partial charge >= 0.3 is 0 Å². The summed E-state index contributed by atoms with van der Waals surface area (Å²) in [5.74, 6) is 1.14. The van der Waals surface area contributed by atoms with Gasteiger partial charge in [0.1, 0.15) is 11.6 Å². The van der Waals surface area contributed by atoms with Crippen LogP contribution in [0.4, 0.5) is 11.5 Å². The summed E-state index contributed by atoms with van der Waals surface area (Å²) in [6, 6.07) is 13.2. The molecule has 0 aliphatic carbocycles. The molecule has 0 amide bonds. The predicted octanol–water partition coefficient (Wildman–Crippen LogP) is 4.16. The summed E-state index contributed by atoms with van der Waals surface area (Å²) in [6.07, 6.45) is 2.62. The Morgan fingerprint density at radius 3 is 2.62 bits per heavy atom. The van der Waals surface area contributed by atoms with Gasteiger partial charge in [-0.25, -0.2) is 9.97 Å². The number of nitrogens with zero attached hydrogens (tertiary/aromatic N) is 3. The van der Waals surface area contributed by atoms with Crippen molar-refractivity contribution in [2.45, 2.75) is 19.4 Å². The molecule has 2 aromatic carbocycles. The van der Waals surface area contributed by atoms with E-state index in [0.717, 1.165) is 43.9 Å². The minimum atomic E-state index is 0.00420. The first-order valence-corrected chi connectivity index (χ1v) is 11.2. The van der Waals surface area contributed by atoms with E-state index in [1.807, 2.05) is 6.92 Å². The quantitative estimate of drug-likeness (QED) is 0.494. The second-order valence-electron chi connectivity index (χ2n) is 7.81. The van der Waals surface area contributed by atoms with E-state index in [-0.39, 0.29) is 11.8 Å². The van der Waals surface area contributed by atoms with E-state index in [1.165, 1.54) is 5.69 Å². The van der Waals surface area contributed by atoms with Crippen LogP contribution in [0.1, 0.15) is 13.3 Å². The smallest absolute Gasteiger partial charge is 0.165 e. The number of nitrogens with one attached hydrogen (secondary N) is 1. The molecule has 3 aromatic rings. The van der Waals surface area contributed by atoms with Gasteiger partial charge in [-0.2, -0.15) is 0 Å². The van der Waals surface area contributed by atoms with Gasteiger partial charge in [-0.05, 0) is 42.3 Å². The van der Waals surface area contributed by atoms with Crippen molar-refractivity contribution in [3.8, 4) is 28.3 Å². The molecule has 7 nitrogen and oxygen atoms in total. The highest BCUT2D eigenvalue weighted by Gasteiger charge is 2.16. The van der Waals surface area contributed by atoms with Gasteiger partial charge in [0, 0.05) is 48.1 Å². The van der Waals surface area contributed by atoms with E-state index in [9.17, 15) is 5.11 Å². The minimum Gasteiger partial charge on any atom is -0.507 e. The van der Waals surface area contributed by atoms with Crippen LogP contribution in [0.25, 0.3) is 22.5 Å². The Bertz CT molecular complexity index is 1050. The summed E-state index contributed by atoms with van der Waals surface area (Å²) in [6.45, 7) is 5.91. The van der Waals surface area contributed by atoms with Gasteiger partial charge in [-0.1, -0.05) is 30.7 Å². The standard InChI is InChI=1S/C24H28ClN5O2/c1-2-18(26)14-27-24-21(15-28-23(29-24)20-13-17(25)5-8-22(20)31)16-3-6-19(7-4-16)30-9-11-32-12-10-30/h3-8,13,15,18,31H,2,9-12,14,26H2,1H3,(H,27,28,29). The molecule has 1 fully saturated rings. The maximum atomic E-state index is 10.3. The molecule has 0 saturated carbocycles. The Labute approximate surface area is 193 Å². The van der Waals surface area contributed by atoms with Crippen LogP contribution >= 0.6 is 11.6 Å². The van der Waals surface area contributed by atoms with Crippen LogP contribution in [-0.4, -0.2) is 54.0 Å². The highest BCUT2D eigenvalue weighted by Crippen LogP contribution is 2.33. The molecule has 2 heterocycles. The summed E-state index contributed by atoms with van der Waals surface area (Å²) in [5, 5.41) is 14.2. The number of ether oxygens (including phenoxy) is 1. The summed E-state index contributed by atoms with van der Waals surface area (Å²) in [4.78, 5) is 11.5. The number of nitrogens with two attached hydrogens (primary N) is 1. The van der Waals surface area contributed by atoms with Crippen molar-refractivity contribution in [3.63, 3.8) is 0 Å². The van der Waals surface area contributed by atoms with Gasteiger partial charge < -0.3 is 25.8 Å². The van der Waals surface area contributed by atoms with Crippen LogP contribution in [0.2, 0.25) is 5.02 Å². The lowest BCUT2D eigenvalue weighted by Crippen LogP contribution is -2.36. The molecule has 1 aliphatic heterocycles. The first-order chi connectivity index (χ1) is 15.5. The lowest BCUT2D eigenvalue weighted by atomic mass is 10.1. The number of hydrogen-bond donors (Lipinski definition) is 3. The number of benzene rings is 2. The average Bonchev–Trinajstić information content (AvgIpc) is 2.84. The molecule has 1 saturated heterocycles. The molecule has 8 heteroatoms. The van der Waals surface area contributed by atoms with Crippen molar-refractivity contribution in [1.29, 1.82) is 0 Å². The first kappa shape index (κ1) is 22.3. The molecular weight excluding hydrogens is 426 g/mol. The molecule has 168 valence electrons. The molecule has 0 spiro atoms. The Balaban J connectivity index is 1.67. The van der Waals surface area contributed by atoms with Crippen LogP contribution in [0.5, 0.6) is 5.75 Å². The van der Waals surface area contributed by atoms with Gasteiger partial charge in [-0.3, -0.25) is 0 Å². The predicted molar refractivity (Wildman–Crippen MR) is 129 cm³/mol. The minimum absolute atomic E-state index is 0.00420. The molecule has 1 aliphatic rings. The lowest BCUT2D eigenvalue weighted by Gasteiger charge is -2.29. The number of morpholine rings is 1. The molecule has 1 unspecified atom stereocenters. The Morgan fingerprint density at radius 2 is 1.91 bits per heavy atom. The van der Waals surface area contributed by atoms with Crippen molar-refractivity contribution < 1.29 is 9.84 Å². The number of rotatable bonds is 7. The fourth-order valence-electron chi connectivity index (χ4n) is 3.59. The fraction of sp³-hybridized carbons (Fsp3) is 0.333. The second-order valence-corrected chi connectivity index (χ2v) is 8.25. The molecule has 0 radical (unpaired) electrons.